The summed E-state index contributed by atoms with van der Waals surface area (Å²) in [6.45, 7) is 0. The minimum atomic E-state index is -1.74. The molecule has 106 valence electrons. The van der Waals surface area contributed by atoms with Crippen LogP contribution in [-0.2, 0) is 16.6 Å². The van der Waals surface area contributed by atoms with E-state index in [2.05, 4.69) is 4.98 Å². The first-order valence-corrected chi connectivity index (χ1v) is 5.80. The molecule has 21 heavy (non-hydrogen) atoms. The van der Waals surface area contributed by atoms with Crippen molar-refractivity contribution in [2.75, 3.05) is 0 Å². The molecule has 2 aliphatic rings. The first-order valence-electron chi connectivity index (χ1n) is 5.80. The third-order valence-corrected chi connectivity index (χ3v) is 3.14. The van der Waals surface area contributed by atoms with Crippen molar-refractivity contribution in [1.82, 2.24) is 20.5 Å². The Hall–Kier alpha value is -3.17. The Morgan fingerprint density at radius 1 is 1.10 bits per heavy atom. The van der Waals surface area contributed by atoms with Crippen LogP contribution < -0.4 is 15.2 Å². The van der Waals surface area contributed by atoms with E-state index in [4.69, 9.17) is 0 Å². The summed E-state index contributed by atoms with van der Waals surface area (Å²) in [5.41, 5.74) is -0.178. The molecule has 0 bridgehead atoms. The van der Waals surface area contributed by atoms with Crippen LogP contribution in [0.1, 0.15) is 21.0 Å². The number of rotatable bonds is 1. The standard InChI is InChI=1S/C11H7N5O5/c1-15-3-2-12-4-5(15)10(20)16(9(4)19)6-7(17)13-11(21)14-8(6)18/h2-3,6H,1H3,(H-,13,14,17,18,21)/p+1. The van der Waals surface area contributed by atoms with Crippen LogP contribution in [0.25, 0.3) is 0 Å². The van der Waals surface area contributed by atoms with Crippen LogP contribution in [-0.4, -0.2) is 45.6 Å². The van der Waals surface area contributed by atoms with Crippen molar-refractivity contribution in [3.8, 4) is 0 Å². The molecule has 2 aliphatic heterocycles. The van der Waals surface area contributed by atoms with E-state index in [0.717, 1.165) is 0 Å². The zero-order chi connectivity index (χ0) is 15.3. The smallest absolute Gasteiger partial charge is 0.275 e. The van der Waals surface area contributed by atoms with Gasteiger partial charge in [-0.2, -0.15) is 4.57 Å². The monoisotopic (exact) mass is 290 g/mol. The number of amides is 6. The third-order valence-electron chi connectivity index (χ3n) is 3.14. The molecular weight excluding hydrogens is 282 g/mol. The molecule has 0 spiro atoms. The second kappa shape index (κ2) is 4.16. The number of aromatic nitrogens is 2. The molecule has 1 aromatic rings. The summed E-state index contributed by atoms with van der Waals surface area (Å²) >= 11 is 0. The zero-order valence-corrected chi connectivity index (χ0v) is 10.6. The summed E-state index contributed by atoms with van der Waals surface area (Å²) < 4.78 is 1.37. The van der Waals surface area contributed by atoms with Gasteiger partial charge in [-0.3, -0.25) is 29.8 Å². The van der Waals surface area contributed by atoms with Crippen molar-refractivity contribution in [3.05, 3.63) is 23.8 Å². The number of carbonyl (C=O) groups excluding carboxylic acids is 5. The fourth-order valence-corrected chi connectivity index (χ4v) is 2.22. The average molecular weight is 290 g/mol. The predicted octanol–water partition coefficient (Wildman–Crippen LogP) is -2.76. The molecule has 3 heterocycles. The van der Waals surface area contributed by atoms with E-state index >= 15 is 0 Å². The molecular formula is C11H8N5O5+. The topological polar surface area (TPSA) is 129 Å². The van der Waals surface area contributed by atoms with Gasteiger partial charge in [0.25, 0.3) is 17.7 Å². The van der Waals surface area contributed by atoms with E-state index in [1.165, 1.54) is 24.0 Å². The number of nitrogens with zero attached hydrogens (tertiary/aromatic N) is 3. The molecule has 10 heteroatoms. The highest BCUT2D eigenvalue weighted by atomic mass is 16.2. The van der Waals surface area contributed by atoms with Gasteiger partial charge in [-0.05, 0) is 0 Å². The number of barbiturate groups is 1. The SMILES string of the molecule is C[n+]1ccnc2c1C(=O)N(C1C(=O)NC(=O)NC1=O)C2=O. The predicted molar refractivity (Wildman–Crippen MR) is 61.4 cm³/mol. The number of aryl methyl sites for hydroxylation is 1. The Bertz CT molecular complexity index is 723. The van der Waals surface area contributed by atoms with Crippen LogP contribution in [0, 0.1) is 0 Å². The number of nitrogens with one attached hydrogen (secondary N) is 2. The quantitative estimate of drug-likeness (QED) is 0.327. The van der Waals surface area contributed by atoms with Crippen molar-refractivity contribution in [1.29, 1.82) is 0 Å². The van der Waals surface area contributed by atoms with Crippen molar-refractivity contribution in [3.63, 3.8) is 0 Å². The fourth-order valence-electron chi connectivity index (χ4n) is 2.22. The molecule has 0 unspecified atom stereocenters. The second-order valence-electron chi connectivity index (χ2n) is 4.43. The van der Waals surface area contributed by atoms with Gasteiger partial charge in [0.15, 0.2) is 12.2 Å². The molecule has 0 aromatic carbocycles. The molecule has 1 fully saturated rings. The summed E-state index contributed by atoms with van der Waals surface area (Å²) in [5, 5.41) is 3.67. The molecule has 3 rings (SSSR count). The third kappa shape index (κ3) is 1.69. The van der Waals surface area contributed by atoms with Gasteiger partial charge in [0.2, 0.25) is 5.69 Å². The van der Waals surface area contributed by atoms with E-state index in [0.29, 0.717) is 4.90 Å². The highest BCUT2D eigenvalue weighted by Gasteiger charge is 2.53. The van der Waals surface area contributed by atoms with E-state index in [-0.39, 0.29) is 11.4 Å². The maximum atomic E-state index is 12.3. The van der Waals surface area contributed by atoms with E-state index < -0.39 is 35.7 Å². The van der Waals surface area contributed by atoms with E-state index in [1.807, 2.05) is 10.6 Å². The molecule has 6 amide bonds. The Morgan fingerprint density at radius 2 is 1.71 bits per heavy atom. The Kier molecular flexibility index (Phi) is 2.55. The van der Waals surface area contributed by atoms with Gasteiger partial charge in [-0.1, -0.05) is 0 Å². The lowest BCUT2D eigenvalue weighted by molar-refractivity contribution is -0.674. The van der Waals surface area contributed by atoms with Crippen LogP contribution in [0.4, 0.5) is 4.79 Å². The summed E-state index contributed by atoms with van der Waals surface area (Å²) in [6, 6.07) is -2.74. The van der Waals surface area contributed by atoms with Gasteiger partial charge < -0.3 is 0 Å². The number of hydrogen-bond acceptors (Lipinski definition) is 6. The van der Waals surface area contributed by atoms with Crippen molar-refractivity contribution < 1.29 is 28.5 Å². The average Bonchev–Trinajstić information content (AvgIpc) is 2.64. The lowest BCUT2D eigenvalue weighted by atomic mass is 10.2. The number of fused-ring (bicyclic) bond motifs is 1. The van der Waals surface area contributed by atoms with Crippen molar-refractivity contribution >= 4 is 29.7 Å². The second-order valence-corrected chi connectivity index (χ2v) is 4.43. The first kappa shape index (κ1) is 12.8. The molecule has 2 N–H and O–H groups in total. The lowest BCUT2D eigenvalue weighted by Gasteiger charge is -2.26. The van der Waals surface area contributed by atoms with Crippen molar-refractivity contribution in [2.24, 2.45) is 7.05 Å². The van der Waals surface area contributed by atoms with Crippen molar-refractivity contribution in [2.45, 2.75) is 6.04 Å². The number of carbonyl (C=O) groups is 5. The lowest BCUT2D eigenvalue weighted by Crippen LogP contribution is -2.65. The largest absolute Gasteiger partial charge is 0.329 e. The molecule has 1 aromatic heterocycles. The Labute approximate surface area is 116 Å². The number of urea groups is 1. The van der Waals surface area contributed by atoms with Gasteiger partial charge in [-0.15, -0.1) is 0 Å². The highest BCUT2D eigenvalue weighted by molar-refractivity contribution is 6.27. The van der Waals surface area contributed by atoms with Gasteiger partial charge in [0, 0.05) is 0 Å². The molecule has 0 radical (unpaired) electrons. The van der Waals surface area contributed by atoms with E-state index in [9.17, 15) is 24.0 Å². The molecule has 0 aliphatic carbocycles. The van der Waals surface area contributed by atoms with Gasteiger partial charge >= 0.3 is 17.6 Å². The summed E-state index contributed by atoms with van der Waals surface area (Å²) in [6.07, 6.45) is 2.77. The van der Waals surface area contributed by atoms with Gasteiger partial charge in [-0.25, -0.2) is 14.7 Å². The fraction of sp³-hybridized carbons (Fsp3) is 0.182. The van der Waals surface area contributed by atoms with Crippen LogP contribution in [0.3, 0.4) is 0 Å². The summed E-state index contributed by atoms with van der Waals surface area (Å²) in [7, 11) is 1.53. The van der Waals surface area contributed by atoms with Crippen LogP contribution in [0.15, 0.2) is 12.4 Å². The minimum absolute atomic E-state index is 0.0278. The normalized spacial score (nSPS) is 18.7. The Balaban J connectivity index is 2.06. The zero-order valence-electron chi connectivity index (χ0n) is 10.6. The van der Waals surface area contributed by atoms with Crippen LogP contribution >= 0.6 is 0 Å². The molecule has 10 nitrogen and oxygen atoms in total. The van der Waals surface area contributed by atoms with Crippen LogP contribution in [0.2, 0.25) is 0 Å². The van der Waals surface area contributed by atoms with Gasteiger partial charge in [0.1, 0.15) is 7.05 Å². The summed E-state index contributed by atoms with van der Waals surface area (Å²) in [4.78, 5) is 63.3. The maximum Gasteiger partial charge on any atom is 0.329 e. The Morgan fingerprint density at radius 3 is 2.29 bits per heavy atom. The van der Waals surface area contributed by atoms with E-state index in [1.54, 1.807) is 0 Å². The highest BCUT2D eigenvalue weighted by Crippen LogP contribution is 2.21. The van der Waals surface area contributed by atoms with Gasteiger partial charge in [0.05, 0.1) is 6.20 Å². The first-order chi connectivity index (χ1) is 9.91. The minimum Gasteiger partial charge on any atom is -0.275 e. The molecule has 0 saturated carbocycles. The molecule has 1 saturated heterocycles. The summed E-state index contributed by atoms with van der Waals surface area (Å²) in [5.74, 6) is -3.77. The molecule has 0 atom stereocenters. The maximum absolute atomic E-state index is 12.3. The van der Waals surface area contributed by atoms with Crippen LogP contribution in [0.5, 0.6) is 0 Å². The number of hydrogen-bond donors (Lipinski definition) is 2. The number of imide groups is 3.